The summed E-state index contributed by atoms with van der Waals surface area (Å²) >= 11 is 6.10. The van der Waals surface area contributed by atoms with Crippen LogP contribution in [0.25, 0.3) is 0 Å². The van der Waals surface area contributed by atoms with Gasteiger partial charge in [0.25, 0.3) is 0 Å². The Balaban J connectivity index is 1.52. The molecule has 0 spiro atoms. The summed E-state index contributed by atoms with van der Waals surface area (Å²) in [5.74, 6) is 0.727. The average molecular weight is 403 g/mol. The molecule has 8 nitrogen and oxygen atoms in total. The molecule has 2 heterocycles. The van der Waals surface area contributed by atoms with E-state index >= 15 is 0 Å². The van der Waals surface area contributed by atoms with Crippen molar-refractivity contribution in [3.8, 4) is 0 Å². The first kappa shape index (κ1) is 18.7. The third-order valence-electron chi connectivity index (χ3n) is 5.43. The Morgan fingerprint density at radius 2 is 1.82 bits per heavy atom. The molecule has 1 N–H and O–H groups in total. The quantitative estimate of drug-likeness (QED) is 0.602. The molecule has 1 aliphatic heterocycles. The van der Waals surface area contributed by atoms with Crippen LogP contribution in [-0.4, -0.2) is 47.1 Å². The summed E-state index contributed by atoms with van der Waals surface area (Å²) in [4.78, 5) is 24.1. The molecule has 0 radical (unpaired) electrons. The van der Waals surface area contributed by atoms with Crippen LogP contribution in [0.2, 0.25) is 5.02 Å². The van der Waals surface area contributed by atoms with Crippen molar-refractivity contribution in [2.75, 3.05) is 41.3 Å². The first-order valence-electron chi connectivity index (χ1n) is 9.63. The smallest absolute Gasteiger partial charge is 0.353 e. The average Bonchev–Trinajstić information content (AvgIpc) is 3.21. The SMILES string of the molecule is O=[N+]([O-])c1c(NC2CCCC2)ncnc1N1CCN(c2cccc(Cl)c2)CC1. The van der Waals surface area contributed by atoms with Gasteiger partial charge in [-0.25, -0.2) is 9.97 Å². The van der Waals surface area contributed by atoms with Crippen molar-refractivity contribution >= 4 is 34.6 Å². The van der Waals surface area contributed by atoms with Gasteiger partial charge in [0.15, 0.2) is 0 Å². The molecule has 9 heteroatoms. The van der Waals surface area contributed by atoms with Crippen molar-refractivity contribution in [2.45, 2.75) is 31.7 Å². The normalized spacial score (nSPS) is 17.8. The topological polar surface area (TPSA) is 87.4 Å². The van der Waals surface area contributed by atoms with Gasteiger partial charge in [-0.05, 0) is 31.0 Å². The Hall–Kier alpha value is -2.61. The van der Waals surface area contributed by atoms with Gasteiger partial charge < -0.3 is 15.1 Å². The first-order valence-corrected chi connectivity index (χ1v) is 10.0. The Kier molecular flexibility index (Phi) is 5.47. The molecule has 1 saturated carbocycles. The molecule has 28 heavy (non-hydrogen) atoms. The minimum absolute atomic E-state index is 0.0226. The van der Waals surface area contributed by atoms with Gasteiger partial charge in [0.05, 0.1) is 4.92 Å². The van der Waals surface area contributed by atoms with Gasteiger partial charge in [0, 0.05) is 42.9 Å². The molecule has 0 unspecified atom stereocenters. The minimum Gasteiger partial charge on any atom is -0.368 e. The van der Waals surface area contributed by atoms with E-state index in [1.165, 1.54) is 6.33 Å². The van der Waals surface area contributed by atoms with Crippen LogP contribution in [0.1, 0.15) is 25.7 Å². The number of benzene rings is 1. The predicted molar refractivity (Wildman–Crippen MR) is 110 cm³/mol. The number of hydrogen-bond donors (Lipinski definition) is 1. The highest BCUT2D eigenvalue weighted by molar-refractivity contribution is 6.30. The number of aromatic nitrogens is 2. The second-order valence-corrected chi connectivity index (χ2v) is 7.67. The van der Waals surface area contributed by atoms with Gasteiger partial charge in [-0.2, -0.15) is 0 Å². The molecular weight excluding hydrogens is 380 g/mol. The van der Waals surface area contributed by atoms with Gasteiger partial charge >= 0.3 is 5.69 Å². The maximum Gasteiger partial charge on any atom is 0.353 e. The Labute approximate surface area is 168 Å². The molecule has 1 aliphatic carbocycles. The first-order chi connectivity index (χ1) is 13.6. The van der Waals surface area contributed by atoms with E-state index in [4.69, 9.17) is 11.6 Å². The summed E-state index contributed by atoms with van der Waals surface area (Å²) in [5.41, 5.74) is 1.04. The number of nitrogens with zero attached hydrogens (tertiary/aromatic N) is 5. The molecule has 148 valence electrons. The van der Waals surface area contributed by atoms with Crippen LogP contribution in [0, 0.1) is 10.1 Å². The second-order valence-electron chi connectivity index (χ2n) is 7.23. The number of piperazine rings is 1. The predicted octanol–water partition coefficient (Wildman–Crippen LogP) is 3.72. The maximum absolute atomic E-state index is 11.8. The molecular formula is C19H23ClN6O2. The van der Waals surface area contributed by atoms with E-state index < -0.39 is 0 Å². The van der Waals surface area contributed by atoms with Crippen LogP contribution >= 0.6 is 11.6 Å². The number of nitro groups is 1. The third kappa shape index (κ3) is 3.96. The van der Waals surface area contributed by atoms with Crippen LogP contribution < -0.4 is 15.1 Å². The molecule has 2 fully saturated rings. The number of rotatable bonds is 5. The fourth-order valence-electron chi connectivity index (χ4n) is 3.99. The molecule has 2 aromatic rings. The van der Waals surface area contributed by atoms with Gasteiger partial charge in [0.2, 0.25) is 11.6 Å². The number of nitrogens with one attached hydrogen (secondary N) is 1. The standard InChI is InChI=1S/C19H23ClN6O2/c20-14-4-3-7-16(12-14)24-8-10-25(11-9-24)19-17(26(27)28)18(21-13-22-19)23-15-5-1-2-6-15/h3-4,7,12-13,15H,1-2,5-6,8-11H2,(H,21,22,23). The van der Waals surface area contributed by atoms with Crippen molar-refractivity contribution in [3.63, 3.8) is 0 Å². The van der Waals surface area contributed by atoms with Crippen LogP contribution in [-0.2, 0) is 0 Å². The lowest BCUT2D eigenvalue weighted by molar-refractivity contribution is -0.383. The summed E-state index contributed by atoms with van der Waals surface area (Å²) in [6.45, 7) is 2.78. The minimum atomic E-state index is -0.365. The largest absolute Gasteiger partial charge is 0.368 e. The molecule has 0 atom stereocenters. The Morgan fingerprint density at radius 1 is 1.11 bits per heavy atom. The van der Waals surface area contributed by atoms with Gasteiger partial charge in [-0.15, -0.1) is 0 Å². The highest BCUT2D eigenvalue weighted by Crippen LogP contribution is 2.34. The van der Waals surface area contributed by atoms with Crippen LogP contribution in [0.4, 0.5) is 23.0 Å². The van der Waals surface area contributed by atoms with Crippen molar-refractivity contribution in [2.24, 2.45) is 0 Å². The van der Waals surface area contributed by atoms with Crippen molar-refractivity contribution in [1.82, 2.24) is 9.97 Å². The summed E-state index contributed by atoms with van der Waals surface area (Å²) < 4.78 is 0. The fourth-order valence-corrected chi connectivity index (χ4v) is 4.17. The molecule has 0 amide bonds. The molecule has 1 aromatic carbocycles. The van der Waals surface area contributed by atoms with E-state index in [0.29, 0.717) is 29.7 Å². The molecule has 1 saturated heterocycles. The monoisotopic (exact) mass is 402 g/mol. The zero-order valence-corrected chi connectivity index (χ0v) is 16.3. The van der Waals surface area contributed by atoms with Crippen LogP contribution in [0.5, 0.6) is 0 Å². The molecule has 0 bridgehead atoms. The Morgan fingerprint density at radius 3 is 2.50 bits per heavy atom. The van der Waals surface area contributed by atoms with E-state index in [-0.39, 0.29) is 16.7 Å². The zero-order chi connectivity index (χ0) is 19.5. The molecule has 1 aromatic heterocycles. The van der Waals surface area contributed by atoms with E-state index in [2.05, 4.69) is 20.2 Å². The molecule has 4 rings (SSSR count). The number of hydrogen-bond acceptors (Lipinski definition) is 7. The molecule has 2 aliphatic rings. The van der Waals surface area contributed by atoms with E-state index in [0.717, 1.165) is 44.5 Å². The second kappa shape index (κ2) is 8.18. The highest BCUT2D eigenvalue weighted by Gasteiger charge is 2.30. The number of anilines is 3. The van der Waals surface area contributed by atoms with Crippen LogP contribution in [0.3, 0.4) is 0 Å². The van der Waals surface area contributed by atoms with E-state index in [1.54, 1.807) is 0 Å². The Bertz CT molecular complexity index is 850. The van der Waals surface area contributed by atoms with Gasteiger partial charge in [-0.1, -0.05) is 30.5 Å². The highest BCUT2D eigenvalue weighted by atomic mass is 35.5. The van der Waals surface area contributed by atoms with Gasteiger partial charge in [-0.3, -0.25) is 10.1 Å². The lowest BCUT2D eigenvalue weighted by Crippen LogP contribution is -2.47. The maximum atomic E-state index is 11.8. The van der Waals surface area contributed by atoms with Crippen molar-refractivity contribution in [3.05, 3.63) is 45.7 Å². The summed E-state index contributed by atoms with van der Waals surface area (Å²) in [7, 11) is 0. The summed E-state index contributed by atoms with van der Waals surface area (Å²) in [6.07, 6.45) is 5.76. The summed E-state index contributed by atoms with van der Waals surface area (Å²) in [6, 6.07) is 8.00. The third-order valence-corrected chi connectivity index (χ3v) is 5.67. The summed E-state index contributed by atoms with van der Waals surface area (Å²) in [5, 5.41) is 15.8. The van der Waals surface area contributed by atoms with Crippen molar-refractivity contribution in [1.29, 1.82) is 0 Å². The van der Waals surface area contributed by atoms with Crippen LogP contribution in [0.15, 0.2) is 30.6 Å². The van der Waals surface area contributed by atoms with Crippen molar-refractivity contribution < 1.29 is 4.92 Å². The zero-order valence-electron chi connectivity index (χ0n) is 15.6. The lowest BCUT2D eigenvalue weighted by atomic mass is 10.2. The fraction of sp³-hybridized carbons (Fsp3) is 0.474. The number of halogens is 1. The van der Waals surface area contributed by atoms with E-state index in [9.17, 15) is 10.1 Å². The van der Waals surface area contributed by atoms with E-state index in [1.807, 2.05) is 29.2 Å². The lowest BCUT2D eigenvalue weighted by Gasteiger charge is -2.36. The van der Waals surface area contributed by atoms with Gasteiger partial charge in [0.1, 0.15) is 6.33 Å².